The van der Waals surface area contributed by atoms with E-state index in [1.165, 1.54) is 42.7 Å². The molecule has 2 amide bonds. The molecule has 3 rings (SSSR count). The van der Waals surface area contributed by atoms with Crippen LogP contribution in [0.2, 0.25) is 0 Å². The fourth-order valence-corrected chi connectivity index (χ4v) is 4.22. The molecule has 7 nitrogen and oxygen atoms in total. The summed E-state index contributed by atoms with van der Waals surface area (Å²) in [6, 6.07) is 12.1. The van der Waals surface area contributed by atoms with Gasteiger partial charge in [-0.15, -0.1) is 0 Å². The average Bonchev–Trinajstić information content (AvgIpc) is 2.68. The summed E-state index contributed by atoms with van der Waals surface area (Å²) in [5, 5.41) is 4.99. The molecule has 0 radical (unpaired) electrons. The Labute approximate surface area is 161 Å². The van der Waals surface area contributed by atoms with Crippen LogP contribution < -0.4 is 10.6 Å². The zero-order valence-electron chi connectivity index (χ0n) is 14.7. The van der Waals surface area contributed by atoms with Crippen molar-refractivity contribution >= 4 is 21.8 Å². The maximum Gasteiger partial charge on any atom is 0.264 e. The fourth-order valence-electron chi connectivity index (χ4n) is 2.75. The van der Waals surface area contributed by atoms with E-state index >= 15 is 0 Å². The van der Waals surface area contributed by atoms with E-state index in [4.69, 9.17) is 0 Å². The van der Waals surface area contributed by atoms with Gasteiger partial charge in [0.2, 0.25) is 11.8 Å². The summed E-state index contributed by atoms with van der Waals surface area (Å²) in [5.74, 6) is -1.57. The Morgan fingerprint density at radius 1 is 1.14 bits per heavy atom. The van der Waals surface area contributed by atoms with Gasteiger partial charge >= 0.3 is 0 Å². The molecule has 9 heteroatoms. The van der Waals surface area contributed by atoms with Crippen LogP contribution in [0.3, 0.4) is 0 Å². The van der Waals surface area contributed by atoms with Crippen molar-refractivity contribution in [1.29, 1.82) is 0 Å². The zero-order chi connectivity index (χ0) is 20.1. The van der Waals surface area contributed by atoms with E-state index < -0.39 is 33.7 Å². The molecule has 0 saturated heterocycles. The largest absolute Gasteiger partial charge is 0.352 e. The van der Waals surface area contributed by atoms with Crippen LogP contribution in [0.25, 0.3) is 0 Å². The first kappa shape index (κ1) is 19.6. The highest BCUT2D eigenvalue weighted by molar-refractivity contribution is 7.89. The first-order valence-corrected chi connectivity index (χ1v) is 9.89. The summed E-state index contributed by atoms with van der Waals surface area (Å²) in [6.07, 6.45) is 2.05. The molecule has 0 spiro atoms. The van der Waals surface area contributed by atoms with E-state index in [1.54, 1.807) is 24.3 Å². The molecule has 0 saturated carbocycles. The number of nitrogens with one attached hydrogen (secondary N) is 2. The standard InChI is InChI=1S/C19H18FN3O4S/c20-15-6-4-5-14(11-15)13-22-18(24)12-17-19(25)21-9-10-23(17)28(26,27)16-7-2-1-3-8-16/h1-11,17H,12-13H2,(H,21,25)(H,22,24). The van der Waals surface area contributed by atoms with Crippen molar-refractivity contribution in [3.8, 4) is 0 Å². The van der Waals surface area contributed by atoms with Crippen LogP contribution in [0.15, 0.2) is 71.9 Å². The summed E-state index contributed by atoms with van der Waals surface area (Å²) in [4.78, 5) is 24.5. The van der Waals surface area contributed by atoms with Crippen molar-refractivity contribution in [2.45, 2.75) is 23.9 Å². The van der Waals surface area contributed by atoms with Gasteiger partial charge in [0.15, 0.2) is 0 Å². The highest BCUT2D eigenvalue weighted by Crippen LogP contribution is 2.22. The number of carbonyl (C=O) groups excluding carboxylic acids is 2. The number of halogens is 1. The third kappa shape index (κ3) is 4.37. The lowest BCUT2D eigenvalue weighted by atomic mass is 10.1. The van der Waals surface area contributed by atoms with Gasteiger partial charge in [0.25, 0.3) is 10.0 Å². The van der Waals surface area contributed by atoms with Crippen LogP contribution in [-0.4, -0.2) is 30.6 Å². The Kier molecular flexibility index (Phi) is 5.74. The van der Waals surface area contributed by atoms with Gasteiger partial charge in [0.1, 0.15) is 11.9 Å². The predicted octanol–water partition coefficient (Wildman–Crippen LogP) is 1.49. The normalized spacial score (nSPS) is 16.5. The summed E-state index contributed by atoms with van der Waals surface area (Å²) in [6.45, 7) is 0.0617. The monoisotopic (exact) mass is 403 g/mol. The third-order valence-corrected chi connectivity index (χ3v) is 5.93. The molecule has 1 heterocycles. The second-order valence-corrected chi connectivity index (χ2v) is 7.94. The highest BCUT2D eigenvalue weighted by Gasteiger charge is 2.36. The van der Waals surface area contributed by atoms with E-state index in [1.807, 2.05) is 0 Å². The van der Waals surface area contributed by atoms with Gasteiger partial charge in [-0.05, 0) is 29.8 Å². The molecule has 28 heavy (non-hydrogen) atoms. The maximum absolute atomic E-state index is 13.2. The Hall–Kier alpha value is -3.20. The van der Waals surface area contributed by atoms with Gasteiger partial charge in [-0.2, -0.15) is 0 Å². The van der Waals surface area contributed by atoms with Gasteiger partial charge in [0, 0.05) is 18.9 Å². The van der Waals surface area contributed by atoms with E-state index in [0.29, 0.717) is 5.56 Å². The molecule has 0 bridgehead atoms. The molecule has 0 fully saturated rings. The molecule has 0 aliphatic carbocycles. The van der Waals surface area contributed by atoms with Crippen LogP contribution in [-0.2, 0) is 26.2 Å². The lowest BCUT2D eigenvalue weighted by molar-refractivity contribution is -0.129. The van der Waals surface area contributed by atoms with Gasteiger partial charge < -0.3 is 10.6 Å². The predicted molar refractivity (Wildman–Crippen MR) is 99.4 cm³/mol. The minimum Gasteiger partial charge on any atom is -0.352 e. The van der Waals surface area contributed by atoms with Gasteiger partial charge in [-0.25, -0.2) is 12.8 Å². The van der Waals surface area contributed by atoms with Gasteiger partial charge in [-0.3, -0.25) is 13.9 Å². The number of benzene rings is 2. The van der Waals surface area contributed by atoms with E-state index in [0.717, 1.165) is 4.31 Å². The van der Waals surface area contributed by atoms with Crippen LogP contribution in [0.1, 0.15) is 12.0 Å². The van der Waals surface area contributed by atoms with Crippen molar-refractivity contribution in [3.63, 3.8) is 0 Å². The maximum atomic E-state index is 13.2. The smallest absolute Gasteiger partial charge is 0.264 e. The number of hydrogen-bond acceptors (Lipinski definition) is 4. The van der Waals surface area contributed by atoms with Gasteiger partial charge in [-0.1, -0.05) is 30.3 Å². The average molecular weight is 403 g/mol. The summed E-state index contributed by atoms with van der Waals surface area (Å²) in [7, 11) is -4.01. The van der Waals surface area contributed by atoms with Crippen LogP contribution in [0.5, 0.6) is 0 Å². The molecular formula is C19H18FN3O4S. The van der Waals surface area contributed by atoms with Crippen LogP contribution in [0.4, 0.5) is 4.39 Å². The minimum absolute atomic E-state index is 0.0134. The summed E-state index contributed by atoms with van der Waals surface area (Å²) in [5.41, 5.74) is 0.551. The minimum atomic E-state index is -4.01. The lowest BCUT2D eigenvalue weighted by Crippen LogP contribution is -2.51. The number of rotatable bonds is 6. The highest BCUT2D eigenvalue weighted by atomic mass is 32.2. The first-order chi connectivity index (χ1) is 13.4. The Bertz CT molecular complexity index is 1010. The Balaban J connectivity index is 1.74. The lowest BCUT2D eigenvalue weighted by Gasteiger charge is -2.31. The fraction of sp³-hybridized carbons (Fsp3) is 0.158. The number of hydrogen-bond donors (Lipinski definition) is 2. The van der Waals surface area contributed by atoms with Crippen molar-refractivity contribution in [3.05, 3.63) is 78.4 Å². The SMILES string of the molecule is O=C(CC1C(=O)NC=CN1S(=O)(=O)c1ccccc1)NCc1cccc(F)c1. The molecular weight excluding hydrogens is 385 g/mol. The second-order valence-electron chi connectivity index (χ2n) is 6.10. The summed E-state index contributed by atoms with van der Waals surface area (Å²) >= 11 is 0. The molecule has 2 aromatic rings. The number of amides is 2. The molecule has 1 aliphatic rings. The third-order valence-electron chi connectivity index (χ3n) is 4.13. The topological polar surface area (TPSA) is 95.6 Å². The molecule has 2 N–H and O–H groups in total. The molecule has 1 atom stereocenters. The molecule has 1 unspecified atom stereocenters. The Morgan fingerprint density at radius 2 is 1.89 bits per heavy atom. The quantitative estimate of drug-likeness (QED) is 0.764. The molecule has 1 aliphatic heterocycles. The second kappa shape index (κ2) is 8.22. The van der Waals surface area contributed by atoms with Crippen LogP contribution in [0, 0.1) is 5.82 Å². The molecule has 0 aromatic heterocycles. The first-order valence-electron chi connectivity index (χ1n) is 8.45. The van der Waals surface area contributed by atoms with Crippen molar-refractivity contribution in [2.75, 3.05) is 0 Å². The molecule has 146 valence electrons. The van der Waals surface area contributed by atoms with Crippen molar-refractivity contribution < 1.29 is 22.4 Å². The van der Waals surface area contributed by atoms with Crippen molar-refractivity contribution in [2.24, 2.45) is 0 Å². The van der Waals surface area contributed by atoms with Crippen molar-refractivity contribution in [1.82, 2.24) is 14.9 Å². The van der Waals surface area contributed by atoms with Gasteiger partial charge in [0.05, 0.1) is 11.3 Å². The number of carbonyl (C=O) groups is 2. The van der Waals surface area contributed by atoms with Crippen LogP contribution >= 0.6 is 0 Å². The zero-order valence-corrected chi connectivity index (χ0v) is 15.5. The number of sulfonamides is 1. The summed E-state index contributed by atoms with van der Waals surface area (Å²) < 4.78 is 39.8. The van der Waals surface area contributed by atoms with E-state index in [9.17, 15) is 22.4 Å². The number of nitrogens with zero attached hydrogens (tertiary/aromatic N) is 1. The van der Waals surface area contributed by atoms with E-state index in [-0.39, 0.29) is 17.9 Å². The molecule has 2 aromatic carbocycles. The van der Waals surface area contributed by atoms with E-state index in [2.05, 4.69) is 10.6 Å². The Morgan fingerprint density at radius 3 is 2.61 bits per heavy atom.